The van der Waals surface area contributed by atoms with Gasteiger partial charge in [0.1, 0.15) is 12.4 Å². The Morgan fingerprint density at radius 3 is 2.57 bits per heavy atom. The summed E-state index contributed by atoms with van der Waals surface area (Å²) in [5, 5.41) is 0.258. The molecule has 0 radical (unpaired) electrons. The SMILES string of the molecule is Nc1cc(C(=O)OCc2cccc(Cl)c2F)cc(Cl)c1Cl. The van der Waals surface area contributed by atoms with Gasteiger partial charge in [0.15, 0.2) is 0 Å². The summed E-state index contributed by atoms with van der Waals surface area (Å²) >= 11 is 17.3. The number of benzene rings is 2. The summed E-state index contributed by atoms with van der Waals surface area (Å²) in [6.07, 6.45) is 0. The highest BCUT2D eigenvalue weighted by Gasteiger charge is 2.14. The summed E-state index contributed by atoms with van der Waals surface area (Å²) in [5.41, 5.74) is 6.07. The molecule has 0 unspecified atom stereocenters. The van der Waals surface area contributed by atoms with Crippen LogP contribution in [0.5, 0.6) is 0 Å². The van der Waals surface area contributed by atoms with Crippen molar-refractivity contribution in [2.45, 2.75) is 6.61 Å². The Morgan fingerprint density at radius 2 is 1.90 bits per heavy atom. The van der Waals surface area contributed by atoms with Gasteiger partial charge >= 0.3 is 5.97 Å². The Balaban J connectivity index is 2.14. The van der Waals surface area contributed by atoms with Crippen LogP contribution in [0.1, 0.15) is 15.9 Å². The lowest BCUT2D eigenvalue weighted by molar-refractivity contribution is 0.0469. The molecule has 0 saturated heterocycles. The fourth-order valence-corrected chi connectivity index (χ4v) is 2.14. The van der Waals surface area contributed by atoms with Crippen LogP contribution in [0, 0.1) is 5.82 Å². The second-order valence-electron chi connectivity index (χ2n) is 4.15. The predicted molar refractivity (Wildman–Crippen MR) is 81.4 cm³/mol. The van der Waals surface area contributed by atoms with E-state index in [1.54, 1.807) is 6.07 Å². The minimum absolute atomic E-state index is 0.0395. The Kier molecular flexibility index (Phi) is 4.93. The van der Waals surface area contributed by atoms with E-state index in [2.05, 4.69) is 0 Å². The molecule has 0 spiro atoms. The number of carbonyl (C=O) groups is 1. The molecule has 2 N–H and O–H groups in total. The van der Waals surface area contributed by atoms with Crippen molar-refractivity contribution in [3.8, 4) is 0 Å². The molecule has 110 valence electrons. The fourth-order valence-electron chi connectivity index (χ4n) is 1.61. The highest BCUT2D eigenvalue weighted by atomic mass is 35.5. The molecule has 0 aliphatic heterocycles. The summed E-state index contributed by atoms with van der Waals surface area (Å²) in [6, 6.07) is 7.10. The first-order chi connectivity index (χ1) is 9.90. The lowest BCUT2D eigenvalue weighted by Gasteiger charge is -2.08. The number of esters is 1. The number of hydrogen-bond donors (Lipinski definition) is 1. The quantitative estimate of drug-likeness (QED) is 0.644. The van der Waals surface area contributed by atoms with Crippen LogP contribution >= 0.6 is 34.8 Å². The summed E-state index contributed by atoms with van der Waals surface area (Å²) in [6.45, 7) is -0.259. The Bertz CT molecular complexity index is 684. The van der Waals surface area contributed by atoms with Crippen LogP contribution in [0.15, 0.2) is 30.3 Å². The molecule has 0 saturated carbocycles. The standard InChI is InChI=1S/C14H9Cl3FNO2/c15-9-3-1-2-7(13(9)18)6-21-14(20)8-4-10(16)12(17)11(19)5-8/h1-5H,6,19H2. The van der Waals surface area contributed by atoms with E-state index in [0.29, 0.717) is 0 Å². The van der Waals surface area contributed by atoms with Crippen LogP contribution in [0.2, 0.25) is 15.1 Å². The third kappa shape index (κ3) is 3.59. The average Bonchev–Trinajstić information content (AvgIpc) is 2.45. The maximum absolute atomic E-state index is 13.7. The van der Waals surface area contributed by atoms with Gasteiger partial charge in [0.05, 0.1) is 26.3 Å². The monoisotopic (exact) mass is 347 g/mol. The molecule has 0 aromatic heterocycles. The van der Waals surface area contributed by atoms with E-state index in [1.165, 1.54) is 24.3 Å². The number of nitrogen functional groups attached to an aromatic ring is 1. The second kappa shape index (κ2) is 6.52. The largest absolute Gasteiger partial charge is 0.457 e. The van der Waals surface area contributed by atoms with Gasteiger partial charge in [0.2, 0.25) is 0 Å². The molecule has 2 rings (SSSR count). The van der Waals surface area contributed by atoms with Gasteiger partial charge in [-0.1, -0.05) is 46.9 Å². The van der Waals surface area contributed by atoms with Crippen molar-refractivity contribution in [2.24, 2.45) is 0 Å². The lowest BCUT2D eigenvalue weighted by Crippen LogP contribution is -2.07. The summed E-state index contributed by atoms with van der Waals surface area (Å²) in [7, 11) is 0. The molecule has 2 aromatic rings. The van der Waals surface area contributed by atoms with Gasteiger partial charge in [0.25, 0.3) is 0 Å². The van der Waals surface area contributed by atoms with Crippen molar-refractivity contribution in [3.05, 3.63) is 62.3 Å². The van der Waals surface area contributed by atoms with E-state index in [9.17, 15) is 9.18 Å². The van der Waals surface area contributed by atoms with Crippen molar-refractivity contribution >= 4 is 46.5 Å². The van der Waals surface area contributed by atoms with Gasteiger partial charge in [-0.2, -0.15) is 0 Å². The van der Waals surface area contributed by atoms with Crippen LogP contribution in [0.4, 0.5) is 10.1 Å². The highest BCUT2D eigenvalue weighted by Crippen LogP contribution is 2.29. The van der Waals surface area contributed by atoms with Crippen LogP contribution in [0.25, 0.3) is 0 Å². The van der Waals surface area contributed by atoms with Crippen LogP contribution < -0.4 is 5.73 Å². The molecular weight excluding hydrogens is 340 g/mol. The lowest BCUT2D eigenvalue weighted by atomic mass is 10.2. The normalized spacial score (nSPS) is 10.5. The molecule has 0 heterocycles. The zero-order valence-electron chi connectivity index (χ0n) is 10.5. The number of nitrogens with two attached hydrogens (primary N) is 1. The van der Waals surface area contributed by atoms with Crippen molar-refractivity contribution in [3.63, 3.8) is 0 Å². The number of rotatable bonds is 3. The Labute approximate surface area is 135 Å². The third-order valence-corrected chi connectivity index (χ3v) is 3.79. The van der Waals surface area contributed by atoms with Crippen molar-refractivity contribution in [1.29, 1.82) is 0 Å². The van der Waals surface area contributed by atoms with Gasteiger partial charge in [-0.15, -0.1) is 0 Å². The fraction of sp³-hybridized carbons (Fsp3) is 0.0714. The molecule has 0 aliphatic carbocycles. The van der Waals surface area contributed by atoms with E-state index in [-0.39, 0.29) is 38.5 Å². The van der Waals surface area contributed by atoms with E-state index in [0.717, 1.165) is 0 Å². The molecule has 2 aromatic carbocycles. The smallest absolute Gasteiger partial charge is 0.338 e. The number of carbonyl (C=O) groups excluding carboxylic acids is 1. The molecule has 0 aliphatic rings. The minimum atomic E-state index is -0.695. The molecular formula is C14H9Cl3FNO2. The summed E-state index contributed by atoms with van der Waals surface area (Å²) in [5.74, 6) is -1.32. The molecule has 0 atom stereocenters. The number of ether oxygens (including phenoxy) is 1. The second-order valence-corrected chi connectivity index (χ2v) is 5.34. The van der Waals surface area contributed by atoms with Gasteiger partial charge in [-0.3, -0.25) is 0 Å². The van der Waals surface area contributed by atoms with E-state index in [1.807, 2.05) is 0 Å². The maximum atomic E-state index is 13.7. The first-order valence-corrected chi connectivity index (χ1v) is 6.88. The molecule has 0 bridgehead atoms. The number of anilines is 1. The summed E-state index contributed by atoms with van der Waals surface area (Å²) < 4.78 is 18.7. The molecule has 0 amide bonds. The predicted octanol–water partition coefficient (Wildman–Crippen LogP) is 4.73. The van der Waals surface area contributed by atoms with Crippen LogP contribution in [-0.2, 0) is 11.3 Å². The first kappa shape index (κ1) is 15.9. The Morgan fingerprint density at radius 1 is 1.19 bits per heavy atom. The molecule has 7 heteroatoms. The summed E-state index contributed by atoms with van der Waals surface area (Å²) in [4.78, 5) is 11.9. The molecule has 21 heavy (non-hydrogen) atoms. The van der Waals surface area contributed by atoms with Gasteiger partial charge in [-0.25, -0.2) is 9.18 Å². The topological polar surface area (TPSA) is 52.3 Å². The first-order valence-electron chi connectivity index (χ1n) is 5.74. The maximum Gasteiger partial charge on any atom is 0.338 e. The van der Waals surface area contributed by atoms with Crippen LogP contribution in [-0.4, -0.2) is 5.97 Å². The minimum Gasteiger partial charge on any atom is -0.457 e. The molecule has 3 nitrogen and oxygen atoms in total. The van der Waals surface area contributed by atoms with Crippen LogP contribution in [0.3, 0.4) is 0 Å². The molecule has 0 fully saturated rings. The van der Waals surface area contributed by atoms with E-state index in [4.69, 9.17) is 45.3 Å². The Hall–Kier alpha value is -1.49. The zero-order chi connectivity index (χ0) is 15.6. The van der Waals surface area contributed by atoms with Crippen molar-refractivity contribution < 1.29 is 13.9 Å². The third-order valence-electron chi connectivity index (χ3n) is 2.68. The van der Waals surface area contributed by atoms with Gasteiger partial charge in [-0.05, 0) is 18.2 Å². The van der Waals surface area contributed by atoms with Crippen molar-refractivity contribution in [2.75, 3.05) is 5.73 Å². The van der Waals surface area contributed by atoms with Gasteiger partial charge in [0, 0.05) is 5.56 Å². The number of halogens is 4. The van der Waals surface area contributed by atoms with E-state index < -0.39 is 11.8 Å². The van der Waals surface area contributed by atoms with Crippen molar-refractivity contribution in [1.82, 2.24) is 0 Å². The zero-order valence-corrected chi connectivity index (χ0v) is 12.8. The number of hydrogen-bond acceptors (Lipinski definition) is 3. The average molecular weight is 349 g/mol. The van der Waals surface area contributed by atoms with Gasteiger partial charge < -0.3 is 10.5 Å². The highest BCUT2D eigenvalue weighted by molar-refractivity contribution is 6.43. The van der Waals surface area contributed by atoms with E-state index >= 15 is 0 Å².